The highest BCUT2D eigenvalue weighted by molar-refractivity contribution is 5.29. The summed E-state index contributed by atoms with van der Waals surface area (Å²) in [5.41, 5.74) is 8.05. The molecular weight excluding hydrogens is 202 g/mol. The van der Waals surface area contributed by atoms with Crippen molar-refractivity contribution >= 4 is 0 Å². The van der Waals surface area contributed by atoms with Crippen LogP contribution in [0.2, 0.25) is 0 Å². The third-order valence-electron chi connectivity index (χ3n) is 2.65. The Kier molecular flexibility index (Phi) is 6.08. The molecule has 3 nitrogen and oxygen atoms in total. The van der Waals surface area contributed by atoms with Gasteiger partial charge in [-0.25, -0.2) is 0 Å². The fourth-order valence-electron chi connectivity index (χ4n) is 1.80. The summed E-state index contributed by atoms with van der Waals surface area (Å²) in [4.78, 5) is 0. The average molecular weight is 223 g/mol. The van der Waals surface area contributed by atoms with Crippen LogP contribution < -0.4 is 5.73 Å². The summed E-state index contributed by atoms with van der Waals surface area (Å²) in [5.74, 6) is 0. The molecule has 0 aliphatic carbocycles. The molecule has 0 fully saturated rings. The van der Waals surface area contributed by atoms with Crippen LogP contribution >= 0.6 is 0 Å². The van der Waals surface area contributed by atoms with Crippen molar-refractivity contribution in [2.75, 3.05) is 27.4 Å². The number of rotatable bonds is 7. The molecule has 0 heterocycles. The molecule has 16 heavy (non-hydrogen) atoms. The van der Waals surface area contributed by atoms with E-state index in [1.165, 1.54) is 11.1 Å². The van der Waals surface area contributed by atoms with Gasteiger partial charge in [0.15, 0.2) is 0 Å². The van der Waals surface area contributed by atoms with Crippen molar-refractivity contribution in [3.63, 3.8) is 0 Å². The normalized spacial score (nSPS) is 12.7. The van der Waals surface area contributed by atoms with Gasteiger partial charge in [0.1, 0.15) is 6.10 Å². The predicted molar refractivity (Wildman–Crippen MR) is 65.4 cm³/mol. The van der Waals surface area contributed by atoms with Gasteiger partial charge in [-0.2, -0.15) is 0 Å². The summed E-state index contributed by atoms with van der Waals surface area (Å²) in [6.45, 7) is 1.30. The minimum absolute atomic E-state index is 0.0129. The van der Waals surface area contributed by atoms with Crippen molar-refractivity contribution < 1.29 is 9.47 Å². The summed E-state index contributed by atoms with van der Waals surface area (Å²) in [6, 6.07) is 8.31. The monoisotopic (exact) mass is 223 g/mol. The largest absolute Gasteiger partial charge is 0.382 e. The molecule has 1 unspecified atom stereocenters. The van der Waals surface area contributed by atoms with Gasteiger partial charge in [-0.1, -0.05) is 24.3 Å². The number of benzene rings is 1. The van der Waals surface area contributed by atoms with Gasteiger partial charge in [-0.3, -0.25) is 0 Å². The Hall–Kier alpha value is -0.900. The molecule has 0 saturated carbocycles. The molecule has 1 aromatic carbocycles. The molecule has 0 aliphatic rings. The van der Waals surface area contributed by atoms with Crippen LogP contribution in [0.5, 0.6) is 0 Å². The molecule has 0 aromatic heterocycles. The lowest BCUT2D eigenvalue weighted by molar-refractivity contribution is 0.0269. The third-order valence-corrected chi connectivity index (χ3v) is 2.65. The van der Waals surface area contributed by atoms with Gasteiger partial charge in [-0.15, -0.1) is 0 Å². The number of hydrogen-bond donors (Lipinski definition) is 1. The van der Waals surface area contributed by atoms with E-state index < -0.39 is 0 Å². The highest BCUT2D eigenvalue weighted by atomic mass is 16.5. The lowest BCUT2D eigenvalue weighted by Crippen LogP contribution is -2.11. The van der Waals surface area contributed by atoms with Crippen molar-refractivity contribution in [2.45, 2.75) is 18.9 Å². The standard InChI is InChI=1S/C13H21NO2/c1-15-10-13(16-2)12-8-4-3-6-11(12)7-5-9-14/h3-4,6,8,13H,5,7,9-10,14H2,1-2H3. The average Bonchev–Trinajstić information content (AvgIpc) is 2.34. The van der Waals surface area contributed by atoms with Gasteiger partial charge in [-0.05, 0) is 30.5 Å². The van der Waals surface area contributed by atoms with Crippen LogP contribution in [-0.4, -0.2) is 27.4 Å². The number of hydrogen-bond acceptors (Lipinski definition) is 3. The molecule has 0 amide bonds. The van der Waals surface area contributed by atoms with Crippen molar-refractivity contribution in [2.24, 2.45) is 5.73 Å². The zero-order valence-corrected chi connectivity index (χ0v) is 10.1. The number of ether oxygens (including phenoxy) is 2. The minimum atomic E-state index is 0.0129. The Bertz CT molecular complexity index is 302. The topological polar surface area (TPSA) is 44.5 Å². The van der Waals surface area contributed by atoms with Crippen LogP contribution in [0.25, 0.3) is 0 Å². The first-order chi connectivity index (χ1) is 7.83. The van der Waals surface area contributed by atoms with E-state index in [1.54, 1.807) is 14.2 Å². The Morgan fingerprint density at radius 2 is 2.00 bits per heavy atom. The Balaban J connectivity index is 2.82. The molecule has 1 rings (SSSR count). The number of aryl methyl sites for hydroxylation is 1. The van der Waals surface area contributed by atoms with Crippen LogP contribution in [0.15, 0.2) is 24.3 Å². The van der Waals surface area contributed by atoms with Crippen LogP contribution in [0.3, 0.4) is 0 Å². The first-order valence-corrected chi connectivity index (χ1v) is 5.63. The van der Waals surface area contributed by atoms with E-state index in [9.17, 15) is 0 Å². The van der Waals surface area contributed by atoms with Crippen LogP contribution in [-0.2, 0) is 15.9 Å². The second kappa shape index (κ2) is 7.39. The summed E-state index contributed by atoms with van der Waals surface area (Å²) < 4.78 is 10.6. The van der Waals surface area contributed by atoms with Gasteiger partial charge >= 0.3 is 0 Å². The van der Waals surface area contributed by atoms with Gasteiger partial charge < -0.3 is 15.2 Å². The first kappa shape index (κ1) is 13.2. The molecule has 0 bridgehead atoms. The second-order valence-corrected chi connectivity index (χ2v) is 3.77. The molecule has 0 radical (unpaired) electrons. The van der Waals surface area contributed by atoms with Crippen molar-refractivity contribution in [1.29, 1.82) is 0 Å². The van der Waals surface area contributed by atoms with Crippen LogP contribution in [0.4, 0.5) is 0 Å². The van der Waals surface area contributed by atoms with E-state index in [0.29, 0.717) is 6.61 Å². The van der Waals surface area contributed by atoms with E-state index in [0.717, 1.165) is 19.4 Å². The third kappa shape index (κ3) is 3.59. The maximum absolute atomic E-state index is 5.54. The first-order valence-electron chi connectivity index (χ1n) is 5.63. The minimum Gasteiger partial charge on any atom is -0.382 e. The Labute approximate surface area is 97.6 Å². The van der Waals surface area contributed by atoms with E-state index in [-0.39, 0.29) is 6.10 Å². The summed E-state index contributed by atoms with van der Waals surface area (Å²) in [5, 5.41) is 0. The molecular formula is C13H21NO2. The van der Waals surface area contributed by atoms with Crippen LogP contribution in [0.1, 0.15) is 23.7 Å². The van der Waals surface area contributed by atoms with Crippen molar-refractivity contribution in [3.05, 3.63) is 35.4 Å². The molecule has 3 heteroatoms. The predicted octanol–water partition coefficient (Wildman–Crippen LogP) is 1.91. The van der Waals surface area contributed by atoms with Crippen molar-refractivity contribution in [3.8, 4) is 0 Å². The highest BCUT2D eigenvalue weighted by Gasteiger charge is 2.13. The second-order valence-electron chi connectivity index (χ2n) is 3.77. The molecule has 0 aliphatic heterocycles. The van der Waals surface area contributed by atoms with Gasteiger partial charge in [0.05, 0.1) is 6.61 Å². The van der Waals surface area contributed by atoms with Gasteiger partial charge in [0.25, 0.3) is 0 Å². The lowest BCUT2D eigenvalue weighted by atomic mass is 9.99. The number of methoxy groups -OCH3 is 2. The smallest absolute Gasteiger partial charge is 0.106 e. The molecule has 0 spiro atoms. The lowest BCUT2D eigenvalue weighted by Gasteiger charge is -2.18. The van der Waals surface area contributed by atoms with E-state index >= 15 is 0 Å². The van der Waals surface area contributed by atoms with E-state index in [4.69, 9.17) is 15.2 Å². The summed E-state index contributed by atoms with van der Waals surface area (Å²) >= 11 is 0. The molecule has 90 valence electrons. The molecule has 0 saturated heterocycles. The Morgan fingerprint density at radius 1 is 1.25 bits per heavy atom. The number of nitrogens with two attached hydrogens (primary N) is 1. The van der Waals surface area contributed by atoms with E-state index in [1.807, 2.05) is 6.07 Å². The fraction of sp³-hybridized carbons (Fsp3) is 0.538. The fourth-order valence-corrected chi connectivity index (χ4v) is 1.80. The zero-order chi connectivity index (χ0) is 11.8. The molecule has 1 aromatic rings. The summed E-state index contributed by atoms with van der Waals surface area (Å²) in [6.07, 6.45) is 2.01. The van der Waals surface area contributed by atoms with E-state index in [2.05, 4.69) is 18.2 Å². The highest BCUT2D eigenvalue weighted by Crippen LogP contribution is 2.22. The maximum Gasteiger partial charge on any atom is 0.106 e. The maximum atomic E-state index is 5.54. The van der Waals surface area contributed by atoms with Gasteiger partial charge in [0.2, 0.25) is 0 Å². The quantitative estimate of drug-likeness (QED) is 0.768. The molecule has 2 N–H and O–H groups in total. The van der Waals surface area contributed by atoms with Crippen LogP contribution in [0, 0.1) is 0 Å². The van der Waals surface area contributed by atoms with Crippen molar-refractivity contribution in [1.82, 2.24) is 0 Å². The molecule has 1 atom stereocenters. The SMILES string of the molecule is COCC(OC)c1ccccc1CCCN. The Morgan fingerprint density at radius 3 is 2.62 bits per heavy atom. The van der Waals surface area contributed by atoms with Gasteiger partial charge in [0, 0.05) is 14.2 Å². The zero-order valence-electron chi connectivity index (χ0n) is 10.1. The summed E-state index contributed by atoms with van der Waals surface area (Å²) in [7, 11) is 3.40.